The zero-order chi connectivity index (χ0) is 19.0. The van der Waals surface area contributed by atoms with Gasteiger partial charge in [0.05, 0.1) is 12.6 Å². The number of aryl methyl sites for hydroxylation is 1. The van der Waals surface area contributed by atoms with Gasteiger partial charge in [-0.2, -0.15) is 5.10 Å². The lowest BCUT2D eigenvalue weighted by molar-refractivity contribution is -0.117. The first-order chi connectivity index (χ1) is 13.0. The van der Waals surface area contributed by atoms with E-state index in [0.29, 0.717) is 5.82 Å². The molecule has 0 saturated carbocycles. The number of anilines is 1. The molecule has 2 aromatic heterocycles. The van der Waals surface area contributed by atoms with Crippen LogP contribution < -0.4 is 11.5 Å². The Morgan fingerprint density at radius 2 is 1.74 bits per heavy atom. The number of primary amides is 1. The maximum Gasteiger partial charge on any atom is 0.221 e. The molecule has 0 bridgehead atoms. The van der Waals surface area contributed by atoms with Gasteiger partial charge in [0, 0.05) is 36.0 Å². The number of fused-ring (bicyclic) bond motifs is 1. The minimum atomic E-state index is -0.362. The van der Waals surface area contributed by atoms with E-state index >= 15 is 0 Å². The van der Waals surface area contributed by atoms with Gasteiger partial charge in [-0.3, -0.25) is 9.48 Å². The quantitative estimate of drug-likeness (QED) is 0.586. The van der Waals surface area contributed by atoms with Crippen LogP contribution >= 0.6 is 0 Å². The molecule has 2 aromatic carbocycles. The molecule has 0 fully saturated rings. The minimum absolute atomic E-state index is 0.192. The van der Waals surface area contributed by atoms with E-state index in [-0.39, 0.29) is 12.3 Å². The third-order valence-corrected chi connectivity index (χ3v) is 4.60. The number of pyridine rings is 1. The molecule has 0 atom stereocenters. The molecule has 0 aliphatic rings. The van der Waals surface area contributed by atoms with Crippen LogP contribution in [0.5, 0.6) is 0 Å². The number of nitrogens with two attached hydrogens (primary N) is 2. The number of amides is 1. The summed E-state index contributed by atoms with van der Waals surface area (Å²) in [7, 11) is 1.90. The fraction of sp³-hybridized carbons (Fsp3) is 0.0952. The van der Waals surface area contributed by atoms with Gasteiger partial charge in [-0.1, -0.05) is 36.4 Å². The summed E-state index contributed by atoms with van der Waals surface area (Å²) in [4.78, 5) is 15.6. The first-order valence-corrected chi connectivity index (χ1v) is 8.56. The highest BCUT2D eigenvalue weighted by molar-refractivity contribution is 6.02. The van der Waals surface area contributed by atoms with Gasteiger partial charge >= 0.3 is 0 Å². The van der Waals surface area contributed by atoms with E-state index in [1.54, 1.807) is 10.9 Å². The topological polar surface area (TPSA) is 99.8 Å². The smallest absolute Gasteiger partial charge is 0.221 e. The van der Waals surface area contributed by atoms with Crippen molar-refractivity contribution in [2.24, 2.45) is 12.8 Å². The first-order valence-electron chi connectivity index (χ1n) is 8.56. The number of hydrogen-bond acceptors (Lipinski definition) is 4. The van der Waals surface area contributed by atoms with E-state index in [4.69, 9.17) is 11.5 Å². The SMILES string of the molecule is Cn1cc(-c2ccc(-c3cnc(N)c4ccc(CC(N)=O)cc34)cc2)cn1. The standard InChI is InChI=1S/C21H19N5O/c1-26-12-16(10-25-26)14-3-5-15(6-4-14)19-11-24-21(23)17-7-2-13(8-18(17)19)9-20(22)27/h2-8,10-12H,9H2,1H3,(H2,22,27)(H2,23,24). The second-order valence-electron chi connectivity index (χ2n) is 6.56. The highest BCUT2D eigenvalue weighted by Gasteiger charge is 2.10. The van der Waals surface area contributed by atoms with Crippen molar-refractivity contribution in [3.05, 3.63) is 66.6 Å². The molecular formula is C21H19N5O. The van der Waals surface area contributed by atoms with Crippen molar-refractivity contribution in [3.8, 4) is 22.3 Å². The van der Waals surface area contributed by atoms with E-state index in [1.165, 1.54) is 0 Å². The second-order valence-corrected chi connectivity index (χ2v) is 6.56. The summed E-state index contributed by atoms with van der Waals surface area (Å²) in [5, 5.41) is 6.02. The minimum Gasteiger partial charge on any atom is -0.383 e. The second kappa shape index (κ2) is 6.57. The Labute approximate surface area is 156 Å². The van der Waals surface area contributed by atoms with Crippen molar-refractivity contribution in [1.82, 2.24) is 14.8 Å². The predicted octanol–water partition coefficient (Wildman–Crippen LogP) is 2.91. The van der Waals surface area contributed by atoms with Crippen molar-refractivity contribution in [2.75, 3.05) is 5.73 Å². The predicted molar refractivity (Wildman–Crippen MR) is 107 cm³/mol. The monoisotopic (exact) mass is 357 g/mol. The highest BCUT2D eigenvalue weighted by Crippen LogP contribution is 2.32. The van der Waals surface area contributed by atoms with Gasteiger partial charge in [-0.15, -0.1) is 0 Å². The van der Waals surface area contributed by atoms with Gasteiger partial charge in [-0.25, -0.2) is 4.98 Å². The molecule has 0 radical (unpaired) electrons. The Hall–Kier alpha value is -3.67. The van der Waals surface area contributed by atoms with Gasteiger partial charge in [-0.05, 0) is 28.1 Å². The number of rotatable bonds is 4. The average molecular weight is 357 g/mol. The lowest BCUT2D eigenvalue weighted by atomic mass is 9.96. The van der Waals surface area contributed by atoms with Gasteiger partial charge in [0.1, 0.15) is 5.82 Å². The molecule has 27 heavy (non-hydrogen) atoms. The summed E-state index contributed by atoms with van der Waals surface area (Å²) in [6.07, 6.45) is 5.78. The maximum atomic E-state index is 11.3. The van der Waals surface area contributed by atoms with Crippen LogP contribution in [0.3, 0.4) is 0 Å². The van der Waals surface area contributed by atoms with Crippen LogP contribution in [0.15, 0.2) is 61.1 Å². The maximum absolute atomic E-state index is 11.3. The molecule has 0 spiro atoms. The van der Waals surface area contributed by atoms with Crippen molar-refractivity contribution < 1.29 is 4.79 Å². The van der Waals surface area contributed by atoms with Crippen LogP contribution in [0, 0.1) is 0 Å². The van der Waals surface area contributed by atoms with Gasteiger partial charge in [0.25, 0.3) is 0 Å². The number of carbonyl (C=O) groups is 1. The van der Waals surface area contributed by atoms with E-state index < -0.39 is 0 Å². The Kier molecular flexibility index (Phi) is 4.08. The number of aromatic nitrogens is 3. The Morgan fingerprint density at radius 3 is 2.41 bits per heavy atom. The molecule has 6 nitrogen and oxygen atoms in total. The zero-order valence-corrected chi connectivity index (χ0v) is 14.9. The van der Waals surface area contributed by atoms with Crippen molar-refractivity contribution in [1.29, 1.82) is 0 Å². The molecule has 0 aliphatic carbocycles. The number of benzene rings is 2. The lowest BCUT2D eigenvalue weighted by Crippen LogP contribution is -2.13. The molecule has 4 N–H and O–H groups in total. The summed E-state index contributed by atoms with van der Waals surface area (Å²) >= 11 is 0. The Balaban J connectivity index is 1.80. The van der Waals surface area contributed by atoms with Gasteiger partial charge in [0.2, 0.25) is 5.91 Å². The summed E-state index contributed by atoms with van der Waals surface area (Å²) in [5.74, 6) is 0.102. The van der Waals surface area contributed by atoms with E-state index in [9.17, 15) is 4.79 Å². The van der Waals surface area contributed by atoms with Gasteiger partial charge in [0.15, 0.2) is 0 Å². The lowest BCUT2D eigenvalue weighted by Gasteiger charge is -2.11. The zero-order valence-electron chi connectivity index (χ0n) is 14.9. The van der Waals surface area contributed by atoms with Gasteiger partial charge < -0.3 is 11.5 Å². The molecule has 2 heterocycles. The van der Waals surface area contributed by atoms with Crippen LogP contribution in [0.1, 0.15) is 5.56 Å². The Morgan fingerprint density at radius 1 is 1.00 bits per heavy atom. The molecule has 1 amide bonds. The molecule has 0 unspecified atom stereocenters. The molecule has 0 saturated heterocycles. The third-order valence-electron chi connectivity index (χ3n) is 4.60. The average Bonchev–Trinajstić information content (AvgIpc) is 3.08. The van der Waals surface area contributed by atoms with Crippen molar-refractivity contribution in [3.63, 3.8) is 0 Å². The van der Waals surface area contributed by atoms with E-state index in [0.717, 1.165) is 38.6 Å². The number of nitrogen functional groups attached to an aromatic ring is 1. The first kappa shape index (κ1) is 16.8. The number of nitrogens with zero attached hydrogens (tertiary/aromatic N) is 3. The Bertz CT molecular complexity index is 1150. The molecule has 134 valence electrons. The molecule has 0 aliphatic heterocycles. The summed E-state index contributed by atoms with van der Waals surface area (Å²) < 4.78 is 1.78. The largest absolute Gasteiger partial charge is 0.383 e. The molecule has 4 aromatic rings. The highest BCUT2D eigenvalue weighted by atomic mass is 16.1. The van der Waals surface area contributed by atoms with Crippen molar-refractivity contribution in [2.45, 2.75) is 6.42 Å². The van der Waals surface area contributed by atoms with E-state index in [1.807, 2.05) is 37.6 Å². The number of carbonyl (C=O) groups excluding carboxylic acids is 1. The molecule has 6 heteroatoms. The fourth-order valence-corrected chi connectivity index (χ4v) is 3.26. The summed E-state index contributed by atoms with van der Waals surface area (Å²) in [5.41, 5.74) is 16.4. The van der Waals surface area contributed by atoms with Crippen LogP contribution in [0.25, 0.3) is 33.0 Å². The van der Waals surface area contributed by atoms with Crippen LogP contribution in [0.2, 0.25) is 0 Å². The summed E-state index contributed by atoms with van der Waals surface area (Å²) in [6, 6.07) is 13.9. The molecular weight excluding hydrogens is 338 g/mol. The van der Waals surface area contributed by atoms with Crippen LogP contribution in [-0.4, -0.2) is 20.7 Å². The van der Waals surface area contributed by atoms with Crippen LogP contribution in [0.4, 0.5) is 5.82 Å². The van der Waals surface area contributed by atoms with Crippen LogP contribution in [-0.2, 0) is 18.3 Å². The fourth-order valence-electron chi connectivity index (χ4n) is 3.26. The van der Waals surface area contributed by atoms with E-state index in [2.05, 4.69) is 34.3 Å². The molecule has 4 rings (SSSR count). The van der Waals surface area contributed by atoms with Crippen molar-refractivity contribution >= 4 is 22.5 Å². The summed E-state index contributed by atoms with van der Waals surface area (Å²) in [6.45, 7) is 0. The number of hydrogen-bond donors (Lipinski definition) is 2. The normalized spacial score (nSPS) is 11.0. The third kappa shape index (κ3) is 3.25.